The van der Waals surface area contributed by atoms with E-state index in [0.29, 0.717) is 35.1 Å². The van der Waals surface area contributed by atoms with Gasteiger partial charge in [-0.2, -0.15) is 0 Å². The van der Waals surface area contributed by atoms with E-state index in [4.69, 9.17) is 16.3 Å². The number of hydrogen-bond acceptors (Lipinski definition) is 4. The van der Waals surface area contributed by atoms with Crippen molar-refractivity contribution in [2.75, 3.05) is 13.2 Å². The third kappa shape index (κ3) is 6.50. The minimum atomic E-state index is -4.60. The maximum Gasteiger partial charge on any atom is 0.522 e. The lowest BCUT2D eigenvalue weighted by Crippen LogP contribution is -2.34. The minimum absolute atomic E-state index is 0.0591. The number of imidazole rings is 1. The number of hydrogen-bond donors (Lipinski definition) is 1. The number of alkyl halides is 3. The van der Waals surface area contributed by atoms with Gasteiger partial charge in [0.05, 0.1) is 18.1 Å². The Morgan fingerprint density at radius 1 is 1.30 bits per heavy atom. The lowest BCUT2D eigenvalue weighted by atomic mass is 9.80. The topological polar surface area (TPSA) is 65.4 Å². The Morgan fingerprint density at radius 3 is 2.67 bits per heavy atom. The van der Waals surface area contributed by atoms with Gasteiger partial charge in [0.1, 0.15) is 5.75 Å². The Morgan fingerprint density at radius 2 is 2.00 bits per heavy atom. The summed E-state index contributed by atoms with van der Waals surface area (Å²) in [6, 6.07) is 6.69. The molecule has 1 fully saturated rings. The highest BCUT2D eigenvalue weighted by atomic mass is 35.5. The quantitative estimate of drug-likeness (QED) is 0.625. The molecule has 0 radical (unpaired) electrons. The predicted molar refractivity (Wildman–Crippen MR) is 105 cm³/mol. The summed E-state index contributed by atoms with van der Waals surface area (Å²) in [5.74, 6) is 0.217. The molecule has 2 aromatic rings. The van der Waals surface area contributed by atoms with Crippen LogP contribution in [0.4, 0.5) is 13.2 Å². The van der Waals surface area contributed by atoms with Crippen LogP contribution in [0.1, 0.15) is 30.9 Å². The molecular weight excluding hydrogens is 423 g/mol. The van der Waals surface area contributed by atoms with Crippen molar-refractivity contribution in [2.45, 2.75) is 37.6 Å². The number of nitrogens with zero attached hydrogens (tertiary/aromatic N) is 2. The summed E-state index contributed by atoms with van der Waals surface area (Å²) in [4.78, 5) is 16.1. The number of halogens is 4. The summed E-state index contributed by atoms with van der Waals surface area (Å²) < 4.78 is 47.7. The number of nitrogens with one attached hydrogen (secondary N) is 1. The molecule has 1 aromatic heterocycles. The first-order chi connectivity index (χ1) is 14.2. The van der Waals surface area contributed by atoms with Crippen LogP contribution in [0, 0.1) is 0 Å². The SMILES string of the molecule is C=C(CCNC(=O)COc1ccc(Cl)cc1)n1cnc(C2CC(OC(F)(F)F)C2)c1. The summed E-state index contributed by atoms with van der Waals surface area (Å²) in [7, 11) is 0. The van der Waals surface area contributed by atoms with Crippen molar-refractivity contribution in [2.24, 2.45) is 0 Å². The Bertz CT molecular complexity index is 877. The van der Waals surface area contributed by atoms with Gasteiger partial charge in [-0.05, 0) is 37.1 Å². The van der Waals surface area contributed by atoms with Crippen LogP contribution in [-0.2, 0) is 9.53 Å². The lowest BCUT2D eigenvalue weighted by Gasteiger charge is -2.34. The van der Waals surface area contributed by atoms with Crippen LogP contribution in [0.25, 0.3) is 5.70 Å². The van der Waals surface area contributed by atoms with Gasteiger partial charge in [-0.25, -0.2) is 4.98 Å². The van der Waals surface area contributed by atoms with Gasteiger partial charge in [0.2, 0.25) is 0 Å². The van der Waals surface area contributed by atoms with Gasteiger partial charge in [0, 0.05) is 35.8 Å². The average Bonchev–Trinajstić information content (AvgIpc) is 3.13. The van der Waals surface area contributed by atoms with E-state index in [1.54, 1.807) is 41.4 Å². The van der Waals surface area contributed by atoms with Crippen LogP contribution in [0.15, 0.2) is 43.4 Å². The van der Waals surface area contributed by atoms with Gasteiger partial charge < -0.3 is 14.6 Å². The Kier molecular flexibility index (Phi) is 7.04. The summed E-state index contributed by atoms with van der Waals surface area (Å²) >= 11 is 5.79. The Hall–Kier alpha value is -2.52. The third-order valence-electron chi connectivity index (χ3n) is 4.70. The van der Waals surface area contributed by atoms with Crippen LogP contribution < -0.4 is 10.1 Å². The Labute approximate surface area is 176 Å². The fourth-order valence-electron chi connectivity index (χ4n) is 3.02. The Balaban J connectivity index is 1.35. The normalized spacial score (nSPS) is 18.5. The van der Waals surface area contributed by atoms with Crippen LogP contribution in [0.3, 0.4) is 0 Å². The average molecular weight is 444 g/mol. The number of carbonyl (C=O) groups excluding carboxylic acids is 1. The van der Waals surface area contributed by atoms with Crippen molar-refractivity contribution >= 4 is 23.2 Å². The van der Waals surface area contributed by atoms with Crippen LogP contribution in [-0.4, -0.2) is 41.1 Å². The first kappa shape index (κ1) is 22.2. The summed E-state index contributed by atoms with van der Waals surface area (Å²) in [5.41, 5.74) is 1.41. The van der Waals surface area contributed by atoms with Crippen molar-refractivity contribution in [3.05, 3.63) is 54.1 Å². The molecular formula is C20H21ClF3N3O3. The summed E-state index contributed by atoms with van der Waals surface area (Å²) in [6.07, 6.45) is -1.04. The monoisotopic (exact) mass is 443 g/mol. The highest BCUT2D eigenvalue weighted by Crippen LogP contribution is 2.40. The van der Waals surface area contributed by atoms with Gasteiger partial charge in [-0.3, -0.25) is 9.53 Å². The first-order valence-corrected chi connectivity index (χ1v) is 9.69. The van der Waals surface area contributed by atoms with Crippen molar-refractivity contribution in [1.82, 2.24) is 14.9 Å². The third-order valence-corrected chi connectivity index (χ3v) is 4.95. The number of ether oxygens (including phenoxy) is 2. The van der Waals surface area contributed by atoms with Crippen molar-refractivity contribution in [3.63, 3.8) is 0 Å². The maximum absolute atomic E-state index is 12.2. The van der Waals surface area contributed by atoms with E-state index < -0.39 is 12.5 Å². The van der Waals surface area contributed by atoms with E-state index >= 15 is 0 Å². The van der Waals surface area contributed by atoms with E-state index in [2.05, 4.69) is 21.6 Å². The van der Waals surface area contributed by atoms with Gasteiger partial charge in [0.25, 0.3) is 5.91 Å². The highest BCUT2D eigenvalue weighted by Gasteiger charge is 2.41. The molecule has 1 aliphatic carbocycles. The number of benzene rings is 1. The molecule has 0 bridgehead atoms. The van der Waals surface area contributed by atoms with E-state index in [1.807, 2.05) is 0 Å². The fraction of sp³-hybridized carbons (Fsp3) is 0.400. The smallest absolute Gasteiger partial charge is 0.484 e. The van der Waals surface area contributed by atoms with Crippen molar-refractivity contribution in [1.29, 1.82) is 0 Å². The molecule has 1 aliphatic rings. The number of amides is 1. The molecule has 1 N–H and O–H groups in total. The molecule has 10 heteroatoms. The predicted octanol–water partition coefficient (Wildman–Crippen LogP) is 4.37. The molecule has 1 amide bonds. The summed E-state index contributed by atoms with van der Waals surface area (Å²) in [6.45, 7) is 4.20. The molecule has 0 aliphatic heterocycles. The zero-order valence-corrected chi connectivity index (χ0v) is 16.7. The second kappa shape index (κ2) is 9.53. The minimum Gasteiger partial charge on any atom is -0.484 e. The van der Waals surface area contributed by atoms with Crippen molar-refractivity contribution in [3.8, 4) is 5.75 Å². The molecule has 1 heterocycles. The van der Waals surface area contributed by atoms with Crippen molar-refractivity contribution < 1.29 is 27.4 Å². The van der Waals surface area contributed by atoms with Crippen LogP contribution in [0.5, 0.6) is 5.75 Å². The molecule has 30 heavy (non-hydrogen) atoms. The van der Waals surface area contributed by atoms with Crippen LogP contribution in [0.2, 0.25) is 5.02 Å². The molecule has 1 saturated carbocycles. The molecule has 6 nitrogen and oxygen atoms in total. The van der Waals surface area contributed by atoms with Gasteiger partial charge >= 0.3 is 6.36 Å². The zero-order valence-electron chi connectivity index (χ0n) is 16.0. The largest absolute Gasteiger partial charge is 0.522 e. The van der Waals surface area contributed by atoms with Gasteiger partial charge in [-0.1, -0.05) is 18.2 Å². The molecule has 0 saturated heterocycles. The second-order valence-corrected chi connectivity index (χ2v) is 7.40. The van der Waals surface area contributed by atoms with Gasteiger partial charge in [0.15, 0.2) is 6.61 Å². The van der Waals surface area contributed by atoms with Gasteiger partial charge in [-0.15, -0.1) is 13.2 Å². The maximum atomic E-state index is 12.2. The van der Waals surface area contributed by atoms with Crippen LogP contribution >= 0.6 is 11.6 Å². The molecule has 162 valence electrons. The summed E-state index contributed by atoms with van der Waals surface area (Å²) in [5, 5.41) is 3.32. The van der Waals surface area contributed by atoms with E-state index in [0.717, 1.165) is 0 Å². The first-order valence-electron chi connectivity index (χ1n) is 9.31. The number of rotatable bonds is 9. The van der Waals surface area contributed by atoms with E-state index in [-0.39, 0.29) is 31.3 Å². The molecule has 1 aromatic carbocycles. The molecule has 0 spiro atoms. The number of carbonyl (C=O) groups is 1. The number of aromatic nitrogens is 2. The standard InChI is InChI=1S/C20H21ClF3N3O3/c1-13(6-7-25-19(28)11-29-16-4-2-15(21)3-5-16)27-10-18(26-12-27)14-8-17(9-14)30-20(22,23)24/h2-5,10,12,14,17H,1,6-9,11H2,(H,25,28). The fourth-order valence-corrected chi connectivity index (χ4v) is 3.15. The second-order valence-electron chi connectivity index (χ2n) is 6.97. The molecule has 3 rings (SSSR count). The van der Waals surface area contributed by atoms with E-state index in [1.165, 1.54) is 0 Å². The molecule has 0 atom stereocenters. The highest BCUT2D eigenvalue weighted by molar-refractivity contribution is 6.30. The lowest BCUT2D eigenvalue weighted by molar-refractivity contribution is -0.351. The molecule has 0 unspecified atom stereocenters. The van der Waals surface area contributed by atoms with E-state index in [9.17, 15) is 18.0 Å². The zero-order chi connectivity index (χ0) is 21.7.